The number of anilines is 2. The van der Waals surface area contributed by atoms with Crippen molar-refractivity contribution in [3.63, 3.8) is 0 Å². The van der Waals surface area contributed by atoms with Crippen LogP contribution in [0.1, 0.15) is 29.1 Å². The van der Waals surface area contributed by atoms with Gasteiger partial charge in [0.05, 0.1) is 6.04 Å². The highest BCUT2D eigenvalue weighted by atomic mass is 16.1. The molecule has 0 radical (unpaired) electrons. The summed E-state index contributed by atoms with van der Waals surface area (Å²) in [6.45, 7) is 1.88. The molecule has 1 unspecified atom stereocenters. The minimum Gasteiger partial charge on any atom is -0.342 e. The summed E-state index contributed by atoms with van der Waals surface area (Å²) in [6.07, 6.45) is 5.17. The van der Waals surface area contributed by atoms with E-state index in [1.807, 2.05) is 41.8 Å². The van der Waals surface area contributed by atoms with Gasteiger partial charge in [0, 0.05) is 29.8 Å². The summed E-state index contributed by atoms with van der Waals surface area (Å²) < 4.78 is 1.86. The maximum absolute atomic E-state index is 12.7. The van der Waals surface area contributed by atoms with E-state index in [1.165, 1.54) is 0 Å². The van der Waals surface area contributed by atoms with E-state index < -0.39 is 0 Å². The van der Waals surface area contributed by atoms with Gasteiger partial charge < -0.3 is 10.6 Å². The van der Waals surface area contributed by atoms with Gasteiger partial charge in [0.2, 0.25) is 5.95 Å². The fourth-order valence-corrected chi connectivity index (χ4v) is 2.73. The lowest BCUT2D eigenvalue weighted by Gasteiger charge is -2.13. The van der Waals surface area contributed by atoms with E-state index >= 15 is 0 Å². The highest BCUT2D eigenvalue weighted by molar-refractivity contribution is 5.95. The molecule has 0 aliphatic heterocycles. The lowest BCUT2D eigenvalue weighted by Crippen LogP contribution is -2.28. The lowest BCUT2D eigenvalue weighted by molar-refractivity contribution is 0.0938. The molecule has 0 saturated carbocycles. The van der Waals surface area contributed by atoms with Gasteiger partial charge in [0.15, 0.2) is 11.5 Å². The van der Waals surface area contributed by atoms with Crippen molar-refractivity contribution in [2.75, 3.05) is 5.32 Å². The normalized spacial score (nSPS) is 11.9. The molecule has 8 nitrogen and oxygen atoms in total. The number of fused-ring (bicyclic) bond motifs is 1. The minimum atomic E-state index is -0.302. The zero-order chi connectivity index (χ0) is 18.6. The van der Waals surface area contributed by atoms with Crippen molar-refractivity contribution in [1.29, 1.82) is 0 Å². The molecule has 8 heteroatoms. The summed E-state index contributed by atoms with van der Waals surface area (Å²) in [5, 5.41) is 14.3. The van der Waals surface area contributed by atoms with Gasteiger partial charge in [-0.15, -0.1) is 10.2 Å². The number of rotatable bonds is 5. The van der Waals surface area contributed by atoms with Crippen LogP contribution in [0.4, 0.5) is 11.6 Å². The number of nitrogens with one attached hydrogen (secondary N) is 2. The van der Waals surface area contributed by atoms with Crippen LogP contribution < -0.4 is 10.6 Å². The van der Waals surface area contributed by atoms with E-state index in [4.69, 9.17) is 0 Å². The van der Waals surface area contributed by atoms with Crippen LogP contribution in [0, 0.1) is 0 Å². The third kappa shape index (κ3) is 3.59. The number of pyridine rings is 1. The molecule has 3 aromatic heterocycles. The van der Waals surface area contributed by atoms with Crippen LogP contribution in [0.2, 0.25) is 0 Å². The summed E-state index contributed by atoms with van der Waals surface area (Å²) in [6, 6.07) is 14.3. The number of hydrogen-bond acceptors (Lipinski definition) is 6. The van der Waals surface area contributed by atoms with Crippen molar-refractivity contribution in [1.82, 2.24) is 29.9 Å². The molecule has 1 aromatic carbocycles. The van der Waals surface area contributed by atoms with Crippen LogP contribution in [0.15, 0.2) is 67.1 Å². The second-order valence-corrected chi connectivity index (χ2v) is 5.96. The number of carbonyl (C=O) groups excluding carboxylic acids is 1. The van der Waals surface area contributed by atoms with E-state index in [0.717, 1.165) is 11.3 Å². The van der Waals surface area contributed by atoms with Gasteiger partial charge in [-0.3, -0.25) is 9.20 Å². The molecule has 1 amide bonds. The Labute approximate surface area is 155 Å². The summed E-state index contributed by atoms with van der Waals surface area (Å²) in [5.41, 5.74) is 1.99. The SMILES string of the molecule is CC(NC(=O)c1cccc(Nc2ncccn2)c1)c1nnc2ccccn12. The van der Waals surface area contributed by atoms with Crippen molar-refractivity contribution in [3.8, 4) is 0 Å². The van der Waals surface area contributed by atoms with Crippen molar-refractivity contribution in [2.45, 2.75) is 13.0 Å². The second kappa shape index (κ2) is 7.20. The van der Waals surface area contributed by atoms with Crippen LogP contribution in [0.5, 0.6) is 0 Å². The Balaban J connectivity index is 1.50. The quantitative estimate of drug-likeness (QED) is 0.569. The maximum Gasteiger partial charge on any atom is 0.251 e. The van der Waals surface area contributed by atoms with Crippen molar-refractivity contribution >= 4 is 23.2 Å². The molecule has 0 aliphatic carbocycles. The molecule has 1 atom stereocenters. The number of hydrogen-bond donors (Lipinski definition) is 2. The number of nitrogens with zero attached hydrogens (tertiary/aromatic N) is 5. The molecule has 0 spiro atoms. The molecular formula is C19H17N7O. The average Bonchev–Trinajstić information content (AvgIpc) is 3.13. The monoisotopic (exact) mass is 359 g/mol. The van der Waals surface area contributed by atoms with E-state index in [0.29, 0.717) is 17.3 Å². The van der Waals surface area contributed by atoms with Crippen molar-refractivity contribution in [2.24, 2.45) is 0 Å². The zero-order valence-electron chi connectivity index (χ0n) is 14.6. The molecular weight excluding hydrogens is 342 g/mol. The van der Waals surface area contributed by atoms with Gasteiger partial charge in [-0.25, -0.2) is 9.97 Å². The number of benzene rings is 1. The van der Waals surface area contributed by atoms with E-state index in [9.17, 15) is 4.79 Å². The Hall–Kier alpha value is -3.81. The standard InChI is InChI=1S/C19H17N7O/c1-13(17-25-24-16-8-2-3-11-26(16)17)22-18(27)14-6-4-7-15(12-14)23-19-20-9-5-10-21-19/h2-13H,1H3,(H,22,27)(H,20,21,23). The van der Waals surface area contributed by atoms with E-state index in [1.54, 1.807) is 36.7 Å². The predicted molar refractivity (Wildman–Crippen MR) is 101 cm³/mol. The molecule has 2 N–H and O–H groups in total. The molecule has 27 heavy (non-hydrogen) atoms. The Morgan fingerprint density at radius 1 is 1.04 bits per heavy atom. The van der Waals surface area contributed by atoms with E-state index in [2.05, 4.69) is 30.8 Å². The van der Waals surface area contributed by atoms with Gasteiger partial charge in [0.25, 0.3) is 5.91 Å². The maximum atomic E-state index is 12.7. The van der Waals surface area contributed by atoms with Crippen LogP contribution in [-0.2, 0) is 0 Å². The molecule has 4 rings (SSSR count). The Kier molecular flexibility index (Phi) is 4.44. The highest BCUT2D eigenvalue weighted by Crippen LogP contribution is 2.16. The van der Waals surface area contributed by atoms with Crippen molar-refractivity contribution < 1.29 is 4.79 Å². The molecule has 0 aliphatic rings. The first-order chi connectivity index (χ1) is 13.2. The van der Waals surface area contributed by atoms with Crippen LogP contribution in [0.3, 0.4) is 0 Å². The first kappa shape index (κ1) is 16.6. The smallest absolute Gasteiger partial charge is 0.251 e. The average molecular weight is 359 g/mol. The molecule has 0 bridgehead atoms. The molecule has 134 valence electrons. The summed E-state index contributed by atoms with van der Waals surface area (Å²) in [4.78, 5) is 20.9. The summed E-state index contributed by atoms with van der Waals surface area (Å²) in [5.74, 6) is 0.942. The van der Waals surface area contributed by atoms with E-state index in [-0.39, 0.29) is 11.9 Å². The fourth-order valence-electron chi connectivity index (χ4n) is 2.73. The first-order valence-electron chi connectivity index (χ1n) is 8.45. The van der Waals surface area contributed by atoms with Crippen LogP contribution in [-0.4, -0.2) is 30.5 Å². The van der Waals surface area contributed by atoms with Gasteiger partial charge >= 0.3 is 0 Å². The molecule has 0 saturated heterocycles. The lowest BCUT2D eigenvalue weighted by atomic mass is 10.1. The zero-order valence-corrected chi connectivity index (χ0v) is 14.6. The Bertz CT molecular complexity index is 1080. The minimum absolute atomic E-state index is 0.201. The second-order valence-electron chi connectivity index (χ2n) is 5.96. The predicted octanol–water partition coefficient (Wildman–Crippen LogP) is 2.75. The topological polar surface area (TPSA) is 97.1 Å². The summed E-state index contributed by atoms with van der Waals surface area (Å²) in [7, 11) is 0. The van der Waals surface area contributed by atoms with Gasteiger partial charge in [0.1, 0.15) is 0 Å². The van der Waals surface area contributed by atoms with Crippen LogP contribution >= 0.6 is 0 Å². The number of carbonyl (C=O) groups is 1. The van der Waals surface area contributed by atoms with Crippen LogP contribution in [0.25, 0.3) is 5.65 Å². The largest absolute Gasteiger partial charge is 0.342 e. The first-order valence-corrected chi connectivity index (χ1v) is 8.45. The van der Waals surface area contributed by atoms with Gasteiger partial charge in [-0.2, -0.15) is 0 Å². The van der Waals surface area contributed by atoms with Gasteiger partial charge in [-0.1, -0.05) is 12.1 Å². The number of aromatic nitrogens is 5. The molecule has 3 heterocycles. The molecule has 0 fully saturated rings. The third-order valence-corrected chi connectivity index (χ3v) is 4.02. The Morgan fingerprint density at radius 3 is 2.74 bits per heavy atom. The highest BCUT2D eigenvalue weighted by Gasteiger charge is 2.17. The number of amides is 1. The van der Waals surface area contributed by atoms with Crippen molar-refractivity contribution in [3.05, 3.63) is 78.5 Å². The Morgan fingerprint density at radius 2 is 1.89 bits per heavy atom. The summed E-state index contributed by atoms with van der Waals surface area (Å²) >= 11 is 0. The fraction of sp³-hybridized carbons (Fsp3) is 0.105. The van der Waals surface area contributed by atoms with Gasteiger partial charge in [-0.05, 0) is 43.3 Å². The molecule has 4 aromatic rings. The third-order valence-electron chi connectivity index (χ3n) is 4.02.